The van der Waals surface area contributed by atoms with Crippen molar-refractivity contribution >= 4 is 16.0 Å². The van der Waals surface area contributed by atoms with Crippen LogP contribution in [-0.2, 0) is 10.0 Å². The SMILES string of the molecule is O=C(O)c1cc(F)c(F)c(S(=O)(=O)N(CCO)C2CC2)c1. The first-order valence-electron chi connectivity index (χ1n) is 6.14. The van der Waals surface area contributed by atoms with Crippen LogP contribution in [0.2, 0.25) is 0 Å². The number of nitrogens with zero attached hydrogens (tertiary/aromatic N) is 1. The monoisotopic (exact) mass is 321 g/mol. The van der Waals surface area contributed by atoms with E-state index in [1.807, 2.05) is 0 Å². The Morgan fingerprint density at radius 1 is 1.33 bits per heavy atom. The van der Waals surface area contributed by atoms with E-state index in [-0.39, 0.29) is 12.6 Å². The molecule has 2 rings (SSSR count). The number of carboxylic acids is 1. The molecule has 1 aliphatic carbocycles. The van der Waals surface area contributed by atoms with Gasteiger partial charge in [-0.25, -0.2) is 22.0 Å². The number of benzene rings is 1. The van der Waals surface area contributed by atoms with Crippen LogP contribution in [0.4, 0.5) is 8.78 Å². The topological polar surface area (TPSA) is 94.9 Å². The third-order valence-corrected chi connectivity index (χ3v) is 5.05. The molecule has 0 aliphatic heterocycles. The Bertz CT molecular complexity index is 672. The van der Waals surface area contributed by atoms with Crippen LogP contribution in [0.15, 0.2) is 17.0 Å². The Hall–Kier alpha value is -1.58. The standard InChI is InChI=1S/C12H13F2NO5S/c13-9-5-7(12(17)18)6-10(11(9)14)21(19,20)15(3-4-16)8-1-2-8/h5-6,8,16H,1-4H2,(H,17,18). The van der Waals surface area contributed by atoms with Gasteiger partial charge in [0.2, 0.25) is 10.0 Å². The highest BCUT2D eigenvalue weighted by Crippen LogP contribution is 2.33. The Morgan fingerprint density at radius 3 is 2.43 bits per heavy atom. The summed E-state index contributed by atoms with van der Waals surface area (Å²) in [6, 6.07) is 0.630. The van der Waals surface area contributed by atoms with Crippen LogP contribution < -0.4 is 0 Å². The molecule has 0 aromatic heterocycles. The second kappa shape index (κ2) is 5.66. The number of carbonyl (C=O) groups is 1. The minimum atomic E-state index is -4.41. The van der Waals surface area contributed by atoms with E-state index in [0.717, 1.165) is 4.31 Å². The van der Waals surface area contributed by atoms with Crippen molar-refractivity contribution in [1.29, 1.82) is 0 Å². The minimum Gasteiger partial charge on any atom is -0.478 e. The van der Waals surface area contributed by atoms with Gasteiger partial charge < -0.3 is 10.2 Å². The van der Waals surface area contributed by atoms with E-state index in [4.69, 9.17) is 10.2 Å². The van der Waals surface area contributed by atoms with Crippen molar-refractivity contribution in [2.75, 3.05) is 13.2 Å². The predicted octanol–water partition coefficient (Wildman–Crippen LogP) is 0.808. The van der Waals surface area contributed by atoms with Crippen LogP contribution in [0.25, 0.3) is 0 Å². The molecule has 0 atom stereocenters. The molecule has 1 aromatic rings. The fraction of sp³-hybridized carbons (Fsp3) is 0.417. The molecule has 1 fully saturated rings. The Morgan fingerprint density at radius 2 is 1.95 bits per heavy atom. The highest BCUT2D eigenvalue weighted by atomic mass is 32.2. The van der Waals surface area contributed by atoms with Crippen LogP contribution in [0.3, 0.4) is 0 Å². The second-order valence-corrected chi connectivity index (χ2v) is 6.50. The predicted molar refractivity (Wildman–Crippen MR) is 67.3 cm³/mol. The average Bonchev–Trinajstić information content (AvgIpc) is 3.22. The fourth-order valence-corrected chi connectivity index (χ4v) is 3.74. The summed E-state index contributed by atoms with van der Waals surface area (Å²) in [5.41, 5.74) is -0.660. The van der Waals surface area contributed by atoms with Crippen molar-refractivity contribution < 1.29 is 32.2 Å². The summed E-state index contributed by atoms with van der Waals surface area (Å²) in [7, 11) is -4.41. The van der Waals surface area contributed by atoms with Gasteiger partial charge in [0, 0.05) is 12.6 Å². The lowest BCUT2D eigenvalue weighted by atomic mass is 10.2. The minimum absolute atomic E-state index is 0.259. The highest BCUT2D eigenvalue weighted by molar-refractivity contribution is 7.89. The van der Waals surface area contributed by atoms with Crippen LogP contribution in [0.5, 0.6) is 0 Å². The number of rotatable bonds is 6. The smallest absolute Gasteiger partial charge is 0.335 e. The summed E-state index contributed by atoms with van der Waals surface area (Å²) in [5.74, 6) is -4.73. The Kier molecular flexibility index (Phi) is 4.26. The van der Waals surface area contributed by atoms with Gasteiger partial charge in [-0.05, 0) is 25.0 Å². The molecule has 21 heavy (non-hydrogen) atoms. The highest BCUT2D eigenvalue weighted by Gasteiger charge is 2.39. The Labute approximate surface area is 119 Å². The van der Waals surface area contributed by atoms with Gasteiger partial charge in [0.1, 0.15) is 4.90 Å². The zero-order chi connectivity index (χ0) is 15.8. The molecule has 1 saturated carbocycles. The molecule has 6 nitrogen and oxygen atoms in total. The largest absolute Gasteiger partial charge is 0.478 e. The summed E-state index contributed by atoms with van der Waals surface area (Å²) in [6.07, 6.45) is 1.11. The lowest BCUT2D eigenvalue weighted by Gasteiger charge is -2.21. The summed E-state index contributed by atoms with van der Waals surface area (Å²) < 4.78 is 52.8. The molecule has 9 heteroatoms. The van der Waals surface area contributed by atoms with Crippen LogP contribution in [0, 0.1) is 11.6 Å². The molecular formula is C12H13F2NO5S. The third-order valence-electron chi connectivity index (χ3n) is 3.10. The number of aliphatic hydroxyl groups is 1. The van der Waals surface area contributed by atoms with Crippen molar-refractivity contribution in [3.8, 4) is 0 Å². The molecule has 116 valence electrons. The number of hydrogen-bond donors (Lipinski definition) is 2. The van der Waals surface area contributed by atoms with Gasteiger partial charge in [-0.3, -0.25) is 0 Å². The molecular weight excluding hydrogens is 308 g/mol. The van der Waals surface area contributed by atoms with Crippen LogP contribution >= 0.6 is 0 Å². The number of sulfonamides is 1. The van der Waals surface area contributed by atoms with Crippen molar-refractivity contribution in [1.82, 2.24) is 4.31 Å². The Balaban J connectivity index is 2.55. The summed E-state index contributed by atoms with van der Waals surface area (Å²) >= 11 is 0. The van der Waals surface area contributed by atoms with Gasteiger partial charge in [0.05, 0.1) is 12.2 Å². The molecule has 2 N–H and O–H groups in total. The molecule has 0 heterocycles. The number of aliphatic hydroxyl groups excluding tert-OH is 1. The quantitative estimate of drug-likeness (QED) is 0.808. The maximum atomic E-state index is 13.8. The van der Waals surface area contributed by atoms with E-state index in [2.05, 4.69) is 0 Å². The van der Waals surface area contributed by atoms with Gasteiger partial charge in [-0.1, -0.05) is 0 Å². The number of aromatic carboxylic acids is 1. The molecule has 0 unspecified atom stereocenters. The van der Waals surface area contributed by atoms with Gasteiger partial charge in [-0.15, -0.1) is 0 Å². The summed E-state index contributed by atoms with van der Waals surface area (Å²) in [4.78, 5) is 9.82. The molecule has 1 aromatic carbocycles. The maximum absolute atomic E-state index is 13.8. The molecule has 0 bridgehead atoms. The molecule has 0 radical (unpaired) electrons. The third kappa shape index (κ3) is 3.04. The van der Waals surface area contributed by atoms with Gasteiger partial charge in [0.15, 0.2) is 11.6 Å². The fourth-order valence-electron chi connectivity index (χ4n) is 1.96. The van der Waals surface area contributed by atoms with E-state index in [1.54, 1.807) is 0 Å². The normalized spacial score (nSPS) is 15.4. The van der Waals surface area contributed by atoms with Crippen molar-refractivity contribution in [3.05, 3.63) is 29.3 Å². The van der Waals surface area contributed by atoms with Gasteiger partial charge >= 0.3 is 5.97 Å². The molecule has 0 amide bonds. The number of hydrogen-bond acceptors (Lipinski definition) is 4. The van der Waals surface area contributed by atoms with E-state index >= 15 is 0 Å². The van der Waals surface area contributed by atoms with Crippen LogP contribution in [0.1, 0.15) is 23.2 Å². The van der Waals surface area contributed by atoms with E-state index in [1.165, 1.54) is 0 Å². The molecule has 0 spiro atoms. The average molecular weight is 321 g/mol. The van der Waals surface area contributed by atoms with Crippen molar-refractivity contribution in [3.63, 3.8) is 0 Å². The lowest BCUT2D eigenvalue weighted by molar-refractivity contribution is 0.0696. The van der Waals surface area contributed by atoms with Gasteiger partial charge in [0.25, 0.3) is 0 Å². The first-order valence-corrected chi connectivity index (χ1v) is 7.58. The van der Waals surface area contributed by atoms with E-state index < -0.39 is 44.7 Å². The lowest BCUT2D eigenvalue weighted by Crippen LogP contribution is -2.36. The number of halogens is 2. The first kappa shape index (κ1) is 15.8. The summed E-state index contributed by atoms with van der Waals surface area (Å²) in [5, 5.41) is 17.7. The number of carboxylic acid groups (broad SMARTS) is 1. The zero-order valence-electron chi connectivity index (χ0n) is 10.8. The molecule has 1 aliphatic rings. The second-order valence-electron chi connectivity index (χ2n) is 4.65. The van der Waals surface area contributed by atoms with E-state index in [0.29, 0.717) is 25.0 Å². The maximum Gasteiger partial charge on any atom is 0.335 e. The first-order chi connectivity index (χ1) is 9.78. The zero-order valence-corrected chi connectivity index (χ0v) is 11.6. The van der Waals surface area contributed by atoms with Crippen molar-refractivity contribution in [2.24, 2.45) is 0 Å². The van der Waals surface area contributed by atoms with E-state index in [9.17, 15) is 22.0 Å². The van der Waals surface area contributed by atoms with Crippen LogP contribution in [-0.4, -0.2) is 48.1 Å². The molecule has 0 saturated heterocycles. The van der Waals surface area contributed by atoms with Crippen molar-refractivity contribution in [2.45, 2.75) is 23.8 Å². The summed E-state index contributed by atoms with van der Waals surface area (Å²) in [6.45, 7) is -0.732. The van der Waals surface area contributed by atoms with Gasteiger partial charge in [-0.2, -0.15) is 4.31 Å².